The minimum Gasteiger partial charge on any atom is -0.370 e. The first-order chi connectivity index (χ1) is 8.44. The summed E-state index contributed by atoms with van der Waals surface area (Å²) in [6.45, 7) is 13.5. The van der Waals surface area contributed by atoms with Crippen molar-refractivity contribution in [2.75, 3.05) is 26.2 Å². The van der Waals surface area contributed by atoms with Gasteiger partial charge in [-0.05, 0) is 32.6 Å². The Morgan fingerprint density at radius 1 is 1.22 bits per heavy atom. The molecule has 0 amide bonds. The SMILES string of the molecule is CC(C)CN1CCC2(CC1)CN=C(N)N2C(C)C. The molecule has 0 aliphatic carbocycles. The second-order valence-electron chi connectivity index (χ2n) is 6.56. The van der Waals surface area contributed by atoms with Crippen molar-refractivity contribution in [3.63, 3.8) is 0 Å². The normalized spacial score (nSPS) is 24.3. The lowest BCUT2D eigenvalue weighted by molar-refractivity contribution is 0.0646. The molecule has 1 saturated heterocycles. The monoisotopic (exact) mass is 252 g/mol. The van der Waals surface area contributed by atoms with Gasteiger partial charge in [-0.3, -0.25) is 4.99 Å². The number of hydrogen-bond donors (Lipinski definition) is 1. The van der Waals surface area contributed by atoms with E-state index in [1.165, 1.54) is 32.5 Å². The van der Waals surface area contributed by atoms with E-state index in [0.29, 0.717) is 6.04 Å². The first-order valence-corrected chi connectivity index (χ1v) is 7.26. The van der Waals surface area contributed by atoms with Crippen molar-refractivity contribution in [1.82, 2.24) is 9.80 Å². The highest BCUT2D eigenvalue weighted by atomic mass is 15.4. The molecule has 0 atom stereocenters. The van der Waals surface area contributed by atoms with E-state index in [9.17, 15) is 0 Å². The van der Waals surface area contributed by atoms with Crippen molar-refractivity contribution in [3.05, 3.63) is 0 Å². The number of piperidine rings is 1. The van der Waals surface area contributed by atoms with Gasteiger partial charge < -0.3 is 15.5 Å². The lowest BCUT2D eigenvalue weighted by Crippen LogP contribution is -2.59. The molecule has 4 nitrogen and oxygen atoms in total. The number of guanidine groups is 1. The summed E-state index contributed by atoms with van der Waals surface area (Å²) in [5.74, 6) is 1.51. The van der Waals surface area contributed by atoms with Gasteiger partial charge in [0.1, 0.15) is 0 Å². The Morgan fingerprint density at radius 2 is 1.83 bits per heavy atom. The van der Waals surface area contributed by atoms with Gasteiger partial charge in [0.25, 0.3) is 0 Å². The van der Waals surface area contributed by atoms with Crippen molar-refractivity contribution < 1.29 is 0 Å². The maximum Gasteiger partial charge on any atom is 0.192 e. The molecule has 0 unspecified atom stereocenters. The maximum absolute atomic E-state index is 6.06. The molecule has 4 heteroatoms. The van der Waals surface area contributed by atoms with E-state index in [1.54, 1.807) is 0 Å². The fraction of sp³-hybridized carbons (Fsp3) is 0.929. The molecule has 2 aliphatic rings. The summed E-state index contributed by atoms with van der Waals surface area (Å²) < 4.78 is 0. The molecule has 2 heterocycles. The van der Waals surface area contributed by atoms with Crippen LogP contribution in [0.4, 0.5) is 0 Å². The summed E-state index contributed by atoms with van der Waals surface area (Å²) in [6, 6.07) is 0.452. The quantitative estimate of drug-likeness (QED) is 0.828. The average molecular weight is 252 g/mol. The lowest BCUT2D eigenvalue weighted by atomic mass is 9.85. The zero-order chi connectivity index (χ0) is 13.3. The molecule has 0 saturated carbocycles. The molecule has 0 bridgehead atoms. The Labute approximate surface area is 111 Å². The van der Waals surface area contributed by atoms with Gasteiger partial charge in [-0.25, -0.2) is 0 Å². The fourth-order valence-corrected chi connectivity index (χ4v) is 3.50. The van der Waals surface area contributed by atoms with Crippen LogP contribution in [0, 0.1) is 5.92 Å². The second kappa shape index (κ2) is 5.08. The van der Waals surface area contributed by atoms with Crippen LogP contribution in [0.15, 0.2) is 4.99 Å². The third-order valence-electron chi connectivity index (χ3n) is 4.22. The van der Waals surface area contributed by atoms with Crippen LogP contribution in [-0.2, 0) is 0 Å². The van der Waals surface area contributed by atoms with Crippen LogP contribution < -0.4 is 5.73 Å². The Morgan fingerprint density at radius 3 is 2.33 bits per heavy atom. The van der Waals surface area contributed by atoms with Gasteiger partial charge in [-0.15, -0.1) is 0 Å². The first kappa shape index (κ1) is 13.7. The van der Waals surface area contributed by atoms with Crippen LogP contribution >= 0.6 is 0 Å². The minimum atomic E-state index is 0.214. The highest BCUT2D eigenvalue weighted by molar-refractivity contribution is 5.81. The van der Waals surface area contributed by atoms with Crippen molar-refractivity contribution in [2.24, 2.45) is 16.6 Å². The molecule has 1 fully saturated rings. The van der Waals surface area contributed by atoms with E-state index in [4.69, 9.17) is 5.73 Å². The number of likely N-dealkylation sites (tertiary alicyclic amines) is 1. The van der Waals surface area contributed by atoms with Gasteiger partial charge in [0.2, 0.25) is 0 Å². The Bertz CT molecular complexity index is 314. The largest absolute Gasteiger partial charge is 0.370 e. The molecule has 0 aromatic carbocycles. The predicted octanol–water partition coefficient (Wildman–Crippen LogP) is 1.52. The zero-order valence-electron chi connectivity index (χ0n) is 12.3. The second-order valence-corrected chi connectivity index (χ2v) is 6.56. The summed E-state index contributed by atoms with van der Waals surface area (Å²) >= 11 is 0. The summed E-state index contributed by atoms with van der Waals surface area (Å²) in [5, 5.41) is 0. The van der Waals surface area contributed by atoms with Gasteiger partial charge in [-0.2, -0.15) is 0 Å². The molecule has 104 valence electrons. The molecule has 2 N–H and O–H groups in total. The Kier molecular flexibility index (Phi) is 3.85. The van der Waals surface area contributed by atoms with Gasteiger partial charge in [0.15, 0.2) is 5.96 Å². The highest BCUT2D eigenvalue weighted by Crippen LogP contribution is 2.34. The van der Waals surface area contributed by atoms with Crippen LogP contribution in [0.2, 0.25) is 0 Å². The van der Waals surface area contributed by atoms with Crippen LogP contribution in [0.5, 0.6) is 0 Å². The van der Waals surface area contributed by atoms with E-state index in [2.05, 4.69) is 42.5 Å². The van der Waals surface area contributed by atoms with E-state index >= 15 is 0 Å². The summed E-state index contributed by atoms with van der Waals surface area (Å²) in [5.41, 5.74) is 6.28. The number of rotatable bonds is 3. The van der Waals surface area contributed by atoms with Crippen molar-refractivity contribution in [2.45, 2.75) is 52.1 Å². The van der Waals surface area contributed by atoms with Crippen LogP contribution in [0.25, 0.3) is 0 Å². The molecular formula is C14H28N4. The molecule has 2 aliphatic heterocycles. The van der Waals surface area contributed by atoms with E-state index < -0.39 is 0 Å². The zero-order valence-corrected chi connectivity index (χ0v) is 12.3. The topological polar surface area (TPSA) is 44.9 Å². The third kappa shape index (κ3) is 2.48. The van der Waals surface area contributed by atoms with Crippen molar-refractivity contribution >= 4 is 5.96 Å². The average Bonchev–Trinajstić information content (AvgIpc) is 2.59. The van der Waals surface area contributed by atoms with Crippen LogP contribution in [-0.4, -0.2) is 53.5 Å². The fourth-order valence-electron chi connectivity index (χ4n) is 3.50. The standard InChI is InChI=1S/C14H28N4/c1-11(2)9-17-7-5-14(6-8-17)10-16-13(15)18(14)12(3)4/h11-12H,5-10H2,1-4H3,(H2,15,16). The molecule has 18 heavy (non-hydrogen) atoms. The van der Waals surface area contributed by atoms with Crippen LogP contribution in [0.3, 0.4) is 0 Å². The van der Waals surface area contributed by atoms with Crippen LogP contribution in [0.1, 0.15) is 40.5 Å². The number of hydrogen-bond acceptors (Lipinski definition) is 4. The minimum absolute atomic E-state index is 0.214. The van der Waals surface area contributed by atoms with Gasteiger partial charge >= 0.3 is 0 Å². The molecule has 0 radical (unpaired) electrons. The highest BCUT2D eigenvalue weighted by Gasteiger charge is 2.45. The smallest absolute Gasteiger partial charge is 0.192 e. The Balaban J connectivity index is 1.99. The van der Waals surface area contributed by atoms with E-state index in [-0.39, 0.29) is 5.54 Å². The van der Waals surface area contributed by atoms with Gasteiger partial charge in [0, 0.05) is 25.7 Å². The van der Waals surface area contributed by atoms with Crippen molar-refractivity contribution in [1.29, 1.82) is 0 Å². The van der Waals surface area contributed by atoms with Gasteiger partial charge in [-0.1, -0.05) is 13.8 Å². The molecule has 1 spiro atoms. The van der Waals surface area contributed by atoms with E-state index in [0.717, 1.165) is 18.4 Å². The van der Waals surface area contributed by atoms with E-state index in [1.807, 2.05) is 0 Å². The lowest BCUT2D eigenvalue weighted by Gasteiger charge is -2.47. The third-order valence-corrected chi connectivity index (χ3v) is 4.22. The summed E-state index contributed by atoms with van der Waals surface area (Å²) in [4.78, 5) is 9.45. The number of aliphatic imine (C=N–C) groups is 1. The predicted molar refractivity (Wildman–Crippen MR) is 76.7 cm³/mol. The van der Waals surface area contributed by atoms with Gasteiger partial charge in [0.05, 0.1) is 12.1 Å². The summed E-state index contributed by atoms with van der Waals surface area (Å²) in [6.07, 6.45) is 2.39. The van der Waals surface area contributed by atoms with Crippen molar-refractivity contribution in [3.8, 4) is 0 Å². The summed E-state index contributed by atoms with van der Waals surface area (Å²) in [7, 11) is 0. The number of nitrogens with zero attached hydrogens (tertiary/aromatic N) is 3. The molecule has 0 aromatic heterocycles. The first-order valence-electron chi connectivity index (χ1n) is 7.26. The maximum atomic E-state index is 6.06. The Hall–Kier alpha value is -0.770. The molecule has 2 rings (SSSR count). The molecule has 0 aromatic rings. The number of nitrogens with two attached hydrogens (primary N) is 1. The molecular weight excluding hydrogens is 224 g/mol.